The summed E-state index contributed by atoms with van der Waals surface area (Å²) in [5.74, 6) is 0.931. The lowest BCUT2D eigenvalue weighted by Gasteiger charge is -2.15. The van der Waals surface area contributed by atoms with Crippen LogP contribution in [-0.4, -0.2) is 32.9 Å². The fourth-order valence-corrected chi connectivity index (χ4v) is 3.98. The molecule has 0 bridgehead atoms. The van der Waals surface area contributed by atoms with Gasteiger partial charge >= 0.3 is 0 Å². The molecule has 8 nitrogen and oxygen atoms in total. The summed E-state index contributed by atoms with van der Waals surface area (Å²) in [7, 11) is 3.51. The zero-order chi connectivity index (χ0) is 22.4. The van der Waals surface area contributed by atoms with Crippen LogP contribution in [0.1, 0.15) is 59.0 Å². The number of aryl methyl sites for hydroxylation is 1. The Labute approximate surface area is 185 Å². The van der Waals surface area contributed by atoms with Gasteiger partial charge in [-0.3, -0.25) is 9.48 Å². The quantitative estimate of drug-likeness (QED) is 0.489. The van der Waals surface area contributed by atoms with Crippen LogP contribution >= 0.6 is 0 Å². The number of rotatable bonds is 6. The van der Waals surface area contributed by atoms with Gasteiger partial charge in [-0.2, -0.15) is 5.10 Å². The molecule has 0 spiro atoms. The Morgan fingerprint density at radius 1 is 1.28 bits per heavy atom. The van der Waals surface area contributed by atoms with E-state index in [0.29, 0.717) is 28.3 Å². The Morgan fingerprint density at radius 2 is 2.03 bits per heavy atom. The number of benzene rings is 1. The number of carbonyl (C=O) groups excluding carboxylic acids is 1. The number of nitrogens with zero attached hydrogens (tertiary/aromatic N) is 4. The Kier molecular flexibility index (Phi) is 4.92. The SMILES string of the molecule is COc1ccc(-c2noc3nc(C4CC4)cc(C(=O)N[C@H](C)c4cnn(C)c4C)c23)cc1. The maximum Gasteiger partial charge on any atom is 0.259 e. The van der Waals surface area contributed by atoms with Crippen LogP contribution in [0.5, 0.6) is 5.75 Å². The molecule has 1 aromatic carbocycles. The van der Waals surface area contributed by atoms with Crippen LogP contribution in [0, 0.1) is 6.92 Å². The molecule has 3 heterocycles. The molecule has 0 aliphatic heterocycles. The topological polar surface area (TPSA) is 95.1 Å². The molecule has 164 valence electrons. The van der Waals surface area contributed by atoms with Crippen LogP contribution < -0.4 is 10.1 Å². The van der Waals surface area contributed by atoms with Crippen LogP contribution in [0.3, 0.4) is 0 Å². The molecule has 1 amide bonds. The number of nitrogens with one attached hydrogen (secondary N) is 1. The molecule has 3 aromatic heterocycles. The number of pyridine rings is 1. The number of methoxy groups -OCH3 is 1. The van der Waals surface area contributed by atoms with Crippen LogP contribution in [0.4, 0.5) is 0 Å². The van der Waals surface area contributed by atoms with Crippen molar-refractivity contribution in [2.24, 2.45) is 7.05 Å². The number of fused-ring (bicyclic) bond motifs is 1. The standard InChI is InChI=1S/C24H25N5O3/c1-13(19-12-25-29(3)14(19)2)26-23(30)18-11-20(15-5-6-15)27-24-21(18)22(28-32-24)16-7-9-17(31-4)10-8-16/h7-13,15H,5-6H2,1-4H3,(H,26,30)/t13-/m1/s1. The van der Waals surface area contributed by atoms with Crippen molar-refractivity contribution < 1.29 is 14.1 Å². The zero-order valence-electron chi connectivity index (χ0n) is 18.5. The number of carbonyl (C=O) groups is 1. The number of ether oxygens (including phenoxy) is 1. The summed E-state index contributed by atoms with van der Waals surface area (Å²) in [6.45, 7) is 3.95. The van der Waals surface area contributed by atoms with Gasteiger partial charge < -0.3 is 14.6 Å². The van der Waals surface area contributed by atoms with Gasteiger partial charge in [-0.05, 0) is 57.0 Å². The van der Waals surface area contributed by atoms with Crippen molar-refractivity contribution in [1.82, 2.24) is 25.2 Å². The second-order valence-corrected chi connectivity index (χ2v) is 8.31. The third-order valence-electron chi connectivity index (χ3n) is 6.16. The Morgan fingerprint density at radius 3 is 2.66 bits per heavy atom. The minimum absolute atomic E-state index is 0.187. The highest BCUT2D eigenvalue weighted by atomic mass is 16.5. The minimum Gasteiger partial charge on any atom is -0.497 e. The van der Waals surface area contributed by atoms with Crippen molar-refractivity contribution in [3.8, 4) is 17.0 Å². The lowest BCUT2D eigenvalue weighted by molar-refractivity contribution is 0.0941. The number of amides is 1. The summed E-state index contributed by atoms with van der Waals surface area (Å²) < 4.78 is 12.7. The average molecular weight is 431 g/mol. The van der Waals surface area contributed by atoms with Gasteiger partial charge in [-0.15, -0.1) is 0 Å². The van der Waals surface area contributed by atoms with E-state index in [2.05, 4.69) is 20.6 Å². The second kappa shape index (κ2) is 7.78. The fraction of sp³-hybridized carbons (Fsp3) is 0.333. The Bertz CT molecular complexity index is 1300. The zero-order valence-corrected chi connectivity index (χ0v) is 18.5. The van der Waals surface area contributed by atoms with Crippen molar-refractivity contribution in [2.75, 3.05) is 7.11 Å². The summed E-state index contributed by atoms with van der Waals surface area (Å²) in [6, 6.07) is 9.20. The van der Waals surface area contributed by atoms with E-state index in [1.807, 2.05) is 51.2 Å². The molecule has 4 aromatic rings. The highest BCUT2D eigenvalue weighted by Crippen LogP contribution is 2.41. The molecule has 1 aliphatic rings. The highest BCUT2D eigenvalue weighted by Gasteiger charge is 2.30. The number of hydrogen-bond donors (Lipinski definition) is 1. The molecule has 0 saturated heterocycles. The first-order chi connectivity index (χ1) is 15.5. The van der Waals surface area contributed by atoms with E-state index in [-0.39, 0.29) is 11.9 Å². The van der Waals surface area contributed by atoms with Crippen molar-refractivity contribution in [2.45, 2.75) is 38.6 Å². The fourth-order valence-electron chi connectivity index (χ4n) is 3.98. The van der Waals surface area contributed by atoms with Gasteiger partial charge in [0.05, 0.1) is 30.3 Å². The minimum atomic E-state index is -0.201. The van der Waals surface area contributed by atoms with E-state index in [0.717, 1.165) is 41.1 Å². The molecule has 0 unspecified atom stereocenters. The lowest BCUT2D eigenvalue weighted by Crippen LogP contribution is -2.27. The molecule has 0 radical (unpaired) electrons. The van der Waals surface area contributed by atoms with Crippen molar-refractivity contribution in [3.05, 3.63) is 59.0 Å². The van der Waals surface area contributed by atoms with Crippen LogP contribution in [0.25, 0.3) is 22.4 Å². The van der Waals surface area contributed by atoms with Gasteiger partial charge in [-0.25, -0.2) is 4.98 Å². The highest BCUT2D eigenvalue weighted by molar-refractivity contribution is 6.09. The maximum absolute atomic E-state index is 13.5. The summed E-state index contributed by atoms with van der Waals surface area (Å²) in [6.07, 6.45) is 3.94. The monoisotopic (exact) mass is 431 g/mol. The molecule has 1 fully saturated rings. The normalized spacial score (nSPS) is 14.5. The van der Waals surface area contributed by atoms with Gasteiger partial charge in [0.2, 0.25) is 0 Å². The summed E-state index contributed by atoms with van der Waals surface area (Å²) in [5, 5.41) is 12.3. The molecule has 1 saturated carbocycles. The van der Waals surface area contributed by atoms with Gasteiger partial charge in [0.1, 0.15) is 11.4 Å². The van der Waals surface area contributed by atoms with Crippen molar-refractivity contribution in [1.29, 1.82) is 0 Å². The molecule has 5 rings (SSSR count). The van der Waals surface area contributed by atoms with E-state index in [1.165, 1.54) is 0 Å². The first-order valence-corrected chi connectivity index (χ1v) is 10.7. The molecular formula is C24H25N5O3. The molecular weight excluding hydrogens is 406 g/mol. The van der Waals surface area contributed by atoms with E-state index >= 15 is 0 Å². The molecule has 32 heavy (non-hydrogen) atoms. The van der Waals surface area contributed by atoms with Crippen LogP contribution in [0.15, 0.2) is 41.1 Å². The molecule has 1 atom stereocenters. The van der Waals surface area contributed by atoms with E-state index in [1.54, 1.807) is 18.0 Å². The van der Waals surface area contributed by atoms with Crippen molar-refractivity contribution >= 4 is 17.0 Å². The van der Waals surface area contributed by atoms with Gasteiger partial charge in [0.15, 0.2) is 0 Å². The maximum atomic E-state index is 13.5. The smallest absolute Gasteiger partial charge is 0.259 e. The molecule has 8 heteroatoms. The third-order valence-corrected chi connectivity index (χ3v) is 6.16. The second-order valence-electron chi connectivity index (χ2n) is 8.31. The summed E-state index contributed by atoms with van der Waals surface area (Å²) in [4.78, 5) is 18.1. The third kappa shape index (κ3) is 3.51. The van der Waals surface area contributed by atoms with E-state index < -0.39 is 0 Å². The first kappa shape index (κ1) is 20.2. The number of aromatic nitrogens is 4. The Balaban J connectivity index is 1.57. The summed E-state index contributed by atoms with van der Waals surface area (Å²) in [5.41, 5.74) is 5.20. The molecule has 1 aliphatic carbocycles. The average Bonchev–Trinajstić information content (AvgIpc) is 3.48. The van der Waals surface area contributed by atoms with E-state index in [4.69, 9.17) is 9.26 Å². The molecule has 1 N–H and O–H groups in total. The van der Waals surface area contributed by atoms with Gasteiger partial charge in [0.25, 0.3) is 11.6 Å². The Hall–Kier alpha value is -3.68. The van der Waals surface area contributed by atoms with Gasteiger partial charge in [0, 0.05) is 35.5 Å². The van der Waals surface area contributed by atoms with E-state index in [9.17, 15) is 4.79 Å². The lowest BCUT2D eigenvalue weighted by atomic mass is 10.0. The van der Waals surface area contributed by atoms with Gasteiger partial charge in [-0.1, -0.05) is 5.16 Å². The van der Waals surface area contributed by atoms with Crippen LogP contribution in [-0.2, 0) is 7.05 Å². The largest absolute Gasteiger partial charge is 0.497 e. The summed E-state index contributed by atoms with van der Waals surface area (Å²) >= 11 is 0. The number of hydrogen-bond acceptors (Lipinski definition) is 6. The first-order valence-electron chi connectivity index (χ1n) is 10.7. The van der Waals surface area contributed by atoms with Crippen LogP contribution in [0.2, 0.25) is 0 Å². The predicted octanol–water partition coefficient (Wildman–Crippen LogP) is 4.31. The van der Waals surface area contributed by atoms with Crippen molar-refractivity contribution in [3.63, 3.8) is 0 Å². The predicted molar refractivity (Wildman–Crippen MR) is 120 cm³/mol.